The number of methoxy groups -OCH3 is 2. The number of halogens is 1. The van der Waals surface area contributed by atoms with Crippen molar-refractivity contribution in [3.63, 3.8) is 0 Å². The van der Waals surface area contributed by atoms with Gasteiger partial charge in [-0.05, 0) is 24.9 Å². The summed E-state index contributed by atoms with van der Waals surface area (Å²) in [6, 6.07) is 13.7. The highest BCUT2D eigenvalue weighted by molar-refractivity contribution is 6.32. The Balaban J connectivity index is 1.72. The summed E-state index contributed by atoms with van der Waals surface area (Å²) >= 11 is 6.07. The number of carbonyl (C=O) groups is 1. The number of ether oxygens (including phenoxy) is 2. The number of nitrogens with one attached hydrogen (secondary N) is 2. The van der Waals surface area contributed by atoms with Crippen LogP contribution in [0.3, 0.4) is 0 Å². The smallest absolute Gasteiger partial charge is 0.225 e. The van der Waals surface area contributed by atoms with Crippen LogP contribution in [0, 0.1) is 0 Å². The van der Waals surface area contributed by atoms with Gasteiger partial charge in [-0.25, -0.2) is 0 Å². The molecule has 0 heterocycles. The van der Waals surface area contributed by atoms with Crippen LogP contribution < -0.4 is 20.1 Å². The maximum atomic E-state index is 12.1. The van der Waals surface area contributed by atoms with Gasteiger partial charge in [0.25, 0.3) is 0 Å². The minimum absolute atomic E-state index is 0.0942. The first-order chi connectivity index (χ1) is 12.6. The van der Waals surface area contributed by atoms with Gasteiger partial charge in [-0.15, -0.1) is 0 Å². The van der Waals surface area contributed by atoms with Gasteiger partial charge in [-0.2, -0.15) is 0 Å². The summed E-state index contributed by atoms with van der Waals surface area (Å²) in [7, 11) is 3.06. The van der Waals surface area contributed by atoms with E-state index in [1.807, 2.05) is 18.2 Å². The molecule has 0 saturated heterocycles. The van der Waals surface area contributed by atoms with Crippen molar-refractivity contribution in [2.75, 3.05) is 32.6 Å². The highest BCUT2D eigenvalue weighted by Gasteiger charge is 2.12. The molecule has 2 rings (SSSR count). The van der Waals surface area contributed by atoms with Crippen LogP contribution >= 0.6 is 11.6 Å². The highest BCUT2D eigenvalue weighted by Crippen LogP contribution is 2.35. The molecular weight excluding hydrogens is 352 g/mol. The SMILES string of the molecule is COc1cc(NC(=O)CCNCCCc2ccccc2)c(OC)cc1Cl. The standard InChI is InChI=1S/C20H25ClN2O3/c1-25-18-14-17(19(26-2)13-16(18)21)23-20(24)10-12-22-11-6-9-15-7-4-3-5-8-15/h3-5,7-8,13-14,22H,6,9-12H2,1-2H3,(H,23,24). The molecule has 0 aliphatic carbocycles. The van der Waals surface area contributed by atoms with E-state index in [-0.39, 0.29) is 5.91 Å². The van der Waals surface area contributed by atoms with E-state index in [4.69, 9.17) is 21.1 Å². The maximum Gasteiger partial charge on any atom is 0.225 e. The first kappa shape index (κ1) is 20.1. The number of benzene rings is 2. The first-order valence-corrected chi connectivity index (χ1v) is 8.98. The lowest BCUT2D eigenvalue weighted by atomic mass is 10.1. The van der Waals surface area contributed by atoms with Crippen molar-refractivity contribution in [1.29, 1.82) is 0 Å². The predicted molar refractivity (Wildman–Crippen MR) is 105 cm³/mol. The zero-order chi connectivity index (χ0) is 18.8. The van der Waals surface area contributed by atoms with Gasteiger partial charge in [-0.3, -0.25) is 4.79 Å². The second-order valence-electron chi connectivity index (χ2n) is 5.82. The summed E-state index contributed by atoms with van der Waals surface area (Å²) < 4.78 is 10.4. The summed E-state index contributed by atoms with van der Waals surface area (Å²) in [5.41, 5.74) is 1.87. The largest absolute Gasteiger partial charge is 0.495 e. The molecular formula is C20H25ClN2O3. The zero-order valence-electron chi connectivity index (χ0n) is 15.2. The van der Waals surface area contributed by atoms with E-state index in [1.54, 1.807) is 12.1 Å². The van der Waals surface area contributed by atoms with Gasteiger partial charge in [0.1, 0.15) is 11.5 Å². The second kappa shape index (κ2) is 10.7. The Kier molecular flexibility index (Phi) is 8.25. The minimum Gasteiger partial charge on any atom is -0.495 e. The number of anilines is 1. The molecule has 140 valence electrons. The molecule has 0 atom stereocenters. The van der Waals surface area contributed by atoms with Gasteiger partial charge in [-0.1, -0.05) is 41.9 Å². The average molecular weight is 377 g/mol. The molecule has 5 nitrogen and oxygen atoms in total. The Morgan fingerprint density at radius 3 is 2.46 bits per heavy atom. The van der Waals surface area contributed by atoms with Gasteiger partial charge >= 0.3 is 0 Å². The predicted octanol–water partition coefficient (Wildman–Crippen LogP) is 3.91. The van der Waals surface area contributed by atoms with Crippen LogP contribution in [0.4, 0.5) is 5.69 Å². The Morgan fingerprint density at radius 2 is 1.77 bits per heavy atom. The Labute approximate surface area is 159 Å². The van der Waals surface area contributed by atoms with Crippen molar-refractivity contribution in [1.82, 2.24) is 5.32 Å². The van der Waals surface area contributed by atoms with Gasteiger partial charge in [0.15, 0.2) is 0 Å². The van der Waals surface area contributed by atoms with Crippen molar-refractivity contribution in [2.24, 2.45) is 0 Å². The highest BCUT2D eigenvalue weighted by atomic mass is 35.5. The summed E-state index contributed by atoms with van der Waals surface area (Å²) in [5, 5.41) is 6.57. The third-order valence-electron chi connectivity index (χ3n) is 3.94. The third kappa shape index (κ3) is 6.24. The third-order valence-corrected chi connectivity index (χ3v) is 4.23. The lowest BCUT2D eigenvalue weighted by Gasteiger charge is -2.13. The summed E-state index contributed by atoms with van der Waals surface area (Å²) in [5.74, 6) is 0.894. The van der Waals surface area contributed by atoms with Crippen LogP contribution in [0.15, 0.2) is 42.5 Å². The van der Waals surface area contributed by atoms with Crippen molar-refractivity contribution in [2.45, 2.75) is 19.3 Å². The molecule has 0 aliphatic rings. The molecule has 0 aliphatic heterocycles. The summed E-state index contributed by atoms with van der Waals surface area (Å²) in [6.45, 7) is 1.49. The maximum absolute atomic E-state index is 12.1. The number of hydrogen-bond donors (Lipinski definition) is 2. The molecule has 26 heavy (non-hydrogen) atoms. The molecule has 2 aromatic rings. The molecule has 2 aromatic carbocycles. The fourth-order valence-corrected chi connectivity index (χ4v) is 2.79. The van der Waals surface area contributed by atoms with E-state index in [2.05, 4.69) is 22.8 Å². The summed E-state index contributed by atoms with van der Waals surface area (Å²) in [4.78, 5) is 12.1. The fraction of sp³-hybridized carbons (Fsp3) is 0.350. The van der Waals surface area contributed by atoms with Crippen molar-refractivity contribution < 1.29 is 14.3 Å². The van der Waals surface area contributed by atoms with E-state index in [0.29, 0.717) is 35.2 Å². The summed E-state index contributed by atoms with van der Waals surface area (Å²) in [6.07, 6.45) is 2.44. The van der Waals surface area contributed by atoms with Gasteiger partial charge in [0, 0.05) is 25.1 Å². The average Bonchev–Trinajstić information content (AvgIpc) is 2.66. The zero-order valence-corrected chi connectivity index (χ0v) is 15.9. The van der Waals surface area contributed by atoms with Gasteiger partial charge in [0.2, 0.25) is 5.91 Å². The molecule has 0 radical (unpaired) electrons. The Hall–Kier alpha value is -2.24. The number of carbonyl (C=O) groups excluding carboxylic acids is 1. The van der Waals surface area contributed by atoms with Gasteiger partial charge < -0.3 is 20.1 Å². The van der Waals surface area contributed by atoms with Crippen LogP contribution in [0.1, 0.15) is 18.4 Å². The molecule has 1 amide bonds. The lowest BCUT2D eigenvalue weighted by molar-refractivity contribution is -0.116. The Morgan fingerprint density at radius 1 is 1.04 bits per heavy atom. The van der Waals surface area contributed by atoms with Crippen LogP contribution in [-0.4, -0.2) is 33.2 Å². The van der Waals surface area contributed by atoms with E-state index < -0.39 is 0 Å². The molecule has 2 N–H and O–H groups in total. The van der Waals surface area contributed by atoms with E-state index in [0.717, 1.165) is 19.4 Å². The molecule has 0 bridgehead atoms. The van der Waals surface area contributed by atoms with Crippen LogP contribution in [0.5, 0.6) is 11.5 Å². The van der Waals surface area contributed by atoms with Crippen molar-refractivity contribution >= 4 is 23.2 Å². The van der Waals surface area contributed by atoms with Crippen LogP contribution in [0.2, 0.25) is 5.02 Å². The number of aryl methyl sites for hydroxylation is 1. The molecule has 0 unspecified atom stereocenters. The quantitative estimate of drug-likeness (QED) is 0.617. The first-order valence-electron chi connectivity index (χ1n) is 8.60. The van der Waals surface area contributed by atoms with Gasteiger partial charge in [0.05, 0.1) is 24.9 Å². The van der Waals surface area contributed by atoms with E-state index in [1.165, 1.54) is 19.8 Å². The van der Waals surface area contributed by atoms with Crippen LogP contribution in [-0.2, 0) is 11.2 Å². The number of hydrogen-bond acceptors (Lipinski definition) is 4. The van der Waals surface area contributed by atoms with E-state index >= 15 is 0 Å². The van der Waals surface area contributed by atoms with Crippen molar-refractivity contribution in [3.8, 4) is 11.5 Å². The van der Waals surface area contributed by atoms with Crippen molar-refractivity contribution in [3.05, 3.63) is 53.1 Å². The number of rotatable bonds is 10. The minimum atomic E-state index is -0.0942. The molecule has 0 saturated carbocycles. The number of amides is 1. The molecule has 6 heteroatoms. The monoisotopic (exact) mass is 376 g/mol. The molecule has 0 spiro atoms. The van der Waals surface area contributed by atoms with E-state index in [9.17, 15) is 4.79 Å². The fourth-order valence-electron chi connectivity index (χ4n) is 2.56. The second-order valence-corrected chi connectivity index (χ2v) is 6.23. The Bertz CT molecular complexity index is 708. The topological polar surface area (TPSA) is 59.6 Å². The lowest BCUT2D eigenvalue weighted by Crippen LogP contribution is -2.23. The molecule has 0 fully saturated rings. The normalized spacial score (nSPS) is 10.4. The van der Waals surface area contributed by atoms with Crippen LogP contribution in [0.25, 0.3) is 0 Å². The molecule has 0 aromatic heterocycles.